The maximum absolute atomic E-state index is 12.5. The lowest BCUT2D eigenvalue weighted by Crippen LogP contribution is -2.47. The van der Waals surface area contributed by atoms with Gasteiger partial charge in [-0.15, -0.1) is 0 Å². The molecule has 1 amide bonds. The Kier molecular flexibility index (Phi) is 6.48. The third-order valence-electron chi connectivity index (χ3n) is 5.37. The maximum Gasteiger partial charge on any atom is 0.237 e. The monoisotopic (exact) mass is 360 g/mol. The lowest BCUT2D eigenvalue weighted by atomic mass is 10.2. The molecule has 1 aliphatic carbocycles. The van der Waals surface area contributed by atoms with Crippen LogP contribution in [0.4, 0.5) is 0 Å². The maximum atomic E-state index is 12.5. The van der Waals surface area contributed by atoms with E-state index >= 15 is 0 Å². The first-order valence-electron chi connectivity index (χ1n) is 9.82. The average molecular weight is 361 g/mol. The zero-order valence-corrected chi connectivity index (χ0v) is 16.3. The molecule has 1 saturated heterocycles. The third kappa shape index (κ3) is 5.17. The van der Waals surface area contributed by atoms with Crippen LogP contribution in [-0.2, 0) is 11.3 Å². The van der Waals surface area contributed by atoms with Crippen molar-refractivity contribution < 1.29 is 9.53 Å². The Balaban J connectivity index is 1.49. The molecule has 2 aliphatic rings. The van der Waals surface area contributed by atoms with E-state index in [0.717, 1.165) is 50.3 Å². The molecule has 1 aliphatic heterocycles. The van der Waals surface area contributed by atoms with Crippen LogP contribution in [0.3, 0.4) is 0 Å². The molecule has 6 heteroatoms. The standard InChI is InChI=1S/C20H32N4O2/c1-15(20(25)22-16-6-4-5-7-16)24-11-9-19(14-24)26-18-8-10-21-17(12-18)13-23(2)3/h8,10,12,15-16,19H,4-7,9,11,13-14H2,1-3H3,(H,22,25). The Labute approximate surface area is 156 Å². The highest BCUT2D eigenvalue weighted by Crippen LogP contribution is 2.22. The molecular weight excluding hydrogens is 328 g/mol. The van der Waals surface area contributed by atoms with Gasteiger partial charge >= 0.3 is 0 Å². The molecule has 2 unspecified atom stereocenters. The minimum absolute atomic E-state index is 0.0917. The van der Waals surface area contributed by atoms with Crippen molar-refractivity contribution in [3.8, 4) is 5.75 Å². The summed E-state index contributed by atoms with van der Waals surface area (Å²) < 4.78 is 6.16. The summed E-state index contributed by atoms with van der Waals surface area (Å²) in [4.78, 5) is 21.2. The summed E-state index contributed by atoms with van der Waals surface area (Å²) in [5, 5.41) is 3.21. The number of nitrogens with one attached hydrogen (secondary N) is 1. The second-order valence-corrected chi connectivity index (χ2v) is 7.91. The Bertz CT molecular complexity index is 601. The van der Waals surface area contributed by atoms with Crippen LogP contribution in [0.1, 0.15) is 44.7 Å². The number of nitrogens with zero attached hydrogens (tertiary/aromatic N) is 3. The van der Waals surface area contributed by atoms with Crippen molar-refractivity contribution >= 4 is 5.91 Å². The predicted octanol–water partition coefficient (Wildman–Crippen LogP) is 2.04. The van der Waals surface area contributed by atoms with Gasteiger partial charge in [-0.1, -0.05) is 12.8 Å². The van der Waals surface area contributed by atoms with Crippen LogP contribution in [0.5, 0.6) is 5.75 Å². The summed E-state index contributed by atoms with van der Waals surface area (Å²) in [6, 6.07) is 4.22. The van der Waals surface area contributed by atoms with E-state index in [1.807, 2.05) is 33.2 Å². The fourth-order valence-electron chi connectivity index (χ4n) is 3.89. The van der Waals surface area contributed by atoms with E-state index in [1.54, 1.807) is 6.20 Å². The molecule has 0 aromatic carbocycles. The smallest absolute Gasteiger partial charge is 0.237 e. The molecule has 2 heterocycles. The average Bonchev–Trinajstić information content (AvgIpc) is 3.26. The number of hydrogen-bond donors (Lipinski definition) is 1. The van der Waals surface area contributed by atoms with E-state index < -0.39 is 0 Å². The van der Waals surface area contributed by atoms with Crippen LogP contribution < -0.4 is 10.1 Å². The molecule has 2 atom stereocenters. The van der Waals surface area contributed by atoms with E-state index in [9.17, 15) is 4.79 Å². The van der Waals surface area contributed by atoms with Crippen LogP contribution in [0.15, 0.2) is 18.3 Å². The fraction of sp³-hybridized carbons (Fsp3) is 0.700. The van der Waals surface area contributed by atoms with Gasteiger partial charge < -0.3 is 15.0 Å². The summed E-state index contributed by atoms with van der Waals surface area (Å²) in [6.07, 6.45) is 7.61. The van der Waals surface area contributed by atoms with Gasteiger partial charge in [0, 0.05) is 37.9 Å². The molecule has 1 N–H and O–H groups in total. The van der Waals surface area contributed by atoms with Gasteiger partial charge in [-0.2, -0.15) is 0 Å². The number of carbonyl (C=O) groups excluding carboxylic acids is 1. The molecule has 0 bridgehead atoms. The van der Waals surface area contributed by atoms with Crippen LogP contribution in [0.25, 0.3) is 0 Å². The molecule has 3 rings (SSSR count). The van der Waals surface area contributed by atoms with Crippen LogP contribution in [0.2, 0.25) is 0 Å². The van der Waals surface area contributed by atoms with Crippen molar-refractivity contribution in [2.45, 2.75) is 63.8 Å². The molecule has 2 fully saturated rings. The number of aromatic nitrogens is 1. The van der Waals surface area contributed by atoms with Crippen molar-refractivity contribution in [1.82, 2.24) is 20.1 Å². The van der Waals surface area contributed by atoms with Crippen molar-refractivity contribution in [1.29, 1.82) is 0 Å². The highest BCUT2D eigenvalue weighted by molar-refractivity contribution is 5.81. The quantitative estimate of drug-likeness (QED) is 0.806. The van der Waals surface area contributed by atoms with Crippen molar-refractivity contribution in [2.75, 3.05) is 27.2 Å². The van der Waals surface area contributed by atoms with Crippen molar-refractivity contribution in [3.63, 3.8) is 0 Å². The highest BCUT2D eigenvalue weighted by Gasteiger charge is 2.31. The summed E-state index contributed by atoms with van der Waals surface area (Å²) >= 11 is 0. The van der Waals surface area contributed by atoms with Gasteiger partial charge in [-0.25, -0.2) is 0 Å². The van der Waals surface area contributed by atoms with Gasteiger partial charge in [0.1, 0.15) is 11.9 Å². The van der Waals surface area contributed by atoms with Crippen LogP contribution >= 0.6 is 0 Å². The van der Waals surface area contributed by atoms with E-state index in [-0.39, 0.29) is 18.1 Å². The molecule has 1 aromatic rings. The Morgan fingerprint density at radius 2 is 2.15 bits per heavy atom. The number of ether oxygens (including phenoxy) is 1. The normalized spacial score (nSPS) is 22.7. The largest absolute Gasteiger partial charge is 0.489 e. The van der Waals surface area contributed by atoms with Gasteiger partial charge in [0.15, 0.2) is 0 Å². The second-order valence-electron chi connectivity index (χ2n) is 7.91. The van der Waals surface area contributed by atoms with E-state index in [0.29, 0.717) is 6.04 Å². The van der Waals surface area contributed by atoms with Gasteiger partial charge in [-0.3, -0.25) is 14.7 Å². The number of hydrogen-bond acceptors (Lipinski definition) is 5. The van der Waals surface area contributed by atoms with E-state index in [4.69, 9.17) is 4.74 Å². The molecular formula is C20H32N4O2. The molecule has 1 saturated carbocycles. The van der Waals surface area contributed by atoms with Gasteiger partial charge in [0.05, 0.1) is 11.7 Å². The van der Waals surface area contributed by atoms with E-state index in [2.05, 4.69) is 20.1 Å². The Morgan fingerprint density at radius 1 is 1.38 bits per heavy atom. The second kappa shape index (κ2) is 8.82. The first kappa shape index (κ1) is 19.1. The third-order valence-corrected chi connectivity index (χ3v) is 5.37. The van der Waals surface area contributed by atoms with E-state index in [1.165, 1.54) is 12.8 Å². The van der Waals surface area contributed by atoms with Crippen molar-refractivity contribution in [3.05, 3.63) is 24.0 Å². The number of likely N-dealkylation sites (tertiary alicyclic amines) is 1. The molecule has 0 radical (unpaired) electrons. The topological polar surface area (TPSA) is 57.7 Å². The first-order valence-corrected chi connectivity index (χ1v) is 9.82. The van der Waals surface area contributed by atoms with Gasteiger partial charge in [0.2, 0.25) is 5.91 Å². The highest BCUT2D eigenvalue weighted by atomic mass is 16.5. The number of pyridine rings is 1. The molecule has 0 spiro atoms. The Morgan fingerprint density at radius 3 is 2.88 bits per heavy atom. The fourth-order valence-corrected chi connectivity index (χ4v) is 3.89. The molecule has 144 valence electrons. The van der Waals surface area contributed by atoms with Crippen LogP contribution in [-0.4, -0.2) is 66.1 Å². The number of amides is 1. The lowest BCUT2D eigenvalue weighted by Gasteiger charge is -2.25. The molecule has 26 heavy (non-hydrogen) atoms. The number of rotatable bonds is 7. The van der Waals surface area contributed by atoms with Gasteiger partial charge in [-0.05, 0) is 46.3 Å². The minimum atomic E-state index is -0.0917. The zero-order valence-electron chi connectivity index (χ0n) is 16.3. The van der Waals surface area contributed by atoms with Crippen LogP contribution in [0, 0.1) is 0 Å². The summed E-state index contributed by atoms with van der Waals surface area (Å²) in [7, 11) is 4.06. The first-order chi connectivity index (χ1) is 12.5. The van der Waals surface area contributed by atoms with Gasteiger partial charge in [0.25, 0.3) is 0 Å². The Hall–Kier alpha value is -1.66. The predicted molar refractivity (Wildman–Crippen MR) is 102 cm³/mol. The number of carbonyl (C=O) groups is 1. The minimum Gasteiger partial charge on any atom is -0.489 e. The van der Waals surface area contributed by atoms with Crippen molar-refractivity contribution in [2.24, 2.45) is 0 Å². The summed E-state index contributed by atoms with van der Waals surface area (Å²) in [6.45, 7) is 4.50. The molecule has 6 nitrogen and oxygen atoms in total. The molecule has 1 aromatic heterocycles. The summed E-state index contributed by atoms with van der Waals surface area (Å²) in [5.74, 6) is 1.03. The lowest BCUT2D eigenvalue weighted by molar-refractivity contribution is -0.126. The summed E-state index contributed by atoms with van der Waals surface area (Å²) in [5.41, 5.74) is 1.01. The SMILES string of the molecule is CC(C(=O)NC1CCCC1)N1CCC(Oc2ccnc(CN(C)C)c2)C1. The zero-order chi connectivity index (χ0) is 18.5.